The van der Waals surface area contributed by atoms with E-state index < -0.39 is 5.91 Å². The number of furan rings is 1. The van der Waals surface area contributed by atoms with E-state index in [1.807, 2.05) is 44.2 Å². The van der Waals surface area contributed by atoms with Gasteiger partial charge in [-0.3, -0.25) is 9.59 Å². The maximum atomic E-state index is 12.9. The number of carbonyl (C=O) groups is 2. The number of hydrogen-bond acceptors (Lipinski definition) is 3. The number of carbonyl (C=O) groups excluding carboxylic acids is 2. The second kappa shape index (κ2) is 8.86. The lowest BCUT2D eigenvalue weighted by Gasteiger charge is -2.13. The number of hydrogen-bond donors (Lipinski definition) is 2. The summed E-state index contributed by atoms with van der Waals surface area (Å²) in [6.07, 6.45) is 3.80. The molecule has 0 saturated heterocycles. The Morgan fingerprint density at radius 1 is 1.04 bits per heavy atom. The second-order valence-corrected chi connectivity index (χ2v) is 6.36. The van der Waals surface area contributed by atoms with Crippen LogP contribution in [0.5, 0.6) is 0 Å². The van der Waals surface area contributed by atoms with Gasteiger partial charge in [-0.15, -0.1) is 0 Å². The summed E-state index contributed by atoms with van der Waals surface area (Å²) in [6.45, 7) is 3.93. The topological polar surface area (TPSA) is 71.3 Å². The van der Waals surface area contributed by atoms with Crippen LogP contribution in [0.3, 0.4) is 0 Å². The Balaban J connectivity index is 1.87. The molecule has 0 radical (unpaired) electrons. The van der Waals surface area contributed by atoms with Gasteiger partial charge in [-0.25, -0.2) is 0 Å². The smallest absolute Gasteiger partial charge is 0.272 e. The van der Waals surface area contributed by atoms with Crippen molar-refractivity contribution in [3.63, 3.8) is 0 Å². The van der Waals surface area contributed by atoms with Gasteiger partial charge in [0.05, 0.1) is 6.26 Å². The number of nitrogens with one attached hydrogen (secondary N) is 2. The molecule has 0 atom stereocenters. The van der Waals surface area contributed by atoms with E-state index in [0.29, 0.717) is 17.0 Å². The van der Waals surface area contributed by atoms with Gasteiger partial charge in [0.15, 0.2) is 0 Å². The molecule has 5 heteroatoms. The summed E-state index contributed by atoms with van der Waals surface area (Å²) in [5, 5.41) is 5.59. The second-order valence-electron chi connectivity index (χ2n) is 6.36. The highest BCUT2D eigenvalue weighted by atomic mass is 16.3. The molecular weight excluding hydrogens is 352 g/mol. The first kappa shape index (κ1) is 19.2. The van der Waals surface area contributed by atoms with Crippen LogP contribution in [0.15, 0.2) is 77.0 Å². The zero-order valence-electron chi connectivity index (χ0n) is 15.9. The van der Waals surface area contributed by atoms with Crippen molar-refractivity contribution in [2.75, 3.05) is 5.32 Å². The van der Waals surface area contributed by atoms with Gasteiger partial charge in [0.2, 0.25) is 0 Å². The van der Waals surface area contributed by atoms with Crippen molar-refractivity contribution in [3.8, 4) is 0 Å². The third-order valence-electron chi connectivity index (χ3n) is 4.25. The SMILES string of the molecule is CCc1ccccc1NC(=O)/C(=C/c1ccco1)NC(=O)c1cccc(C)c1. The van der Waals surface area contributed by atoms with E-state index in [-0.39, 0.29) is 11.6 Å². The van der Waals surface area contributed by atoms with Crippen LogP contribution in [-0.4, -0.2) is 11.8 Å². The molecule has 28 heavy (non-hydrogen) atoms. The highest BCUT2D eigenvalue weighted by Gasteiger charge is 2.16. The van der Waals surface area contributed by atoms with Crippen molar-refractivity contribution in [1.82, 2.24) is 5.32 Å². The van der Waals surface area contributed by atoms with E-state index >= 15 is 0 Å². The molecule has 0 bridgehead atoms. The van der Waals surface area contributed by atoms with E-state index in [4.69, 9.17) is 4.42 Å². The average molecular weight is 374 g/mol. The largest absolute Gasteiger partial charge is 0.465 e. The number of benzene rings is 2. The summed E-state index contributed by atoms with van der Waals surface area (Å²) in [7, 11) is 0. The minimum atomic E-state index is -0.418. The first-order valence-corrected chi connectivity index (χ1v) is 9.09. The zero-order valence-corrected chi connectivity index (χ0v) is 15.9. The number of anilines is 1. The van der Waals surface area contributed by atoms with E-state index in [2.05, 4.69) is 10.6 Å². The normalized spacial score (nSPS) is 11.1. The van der Waals surface area contributed by atoms with Gasteiger partial charge in [0.1, 0.15) is 11.5 Å². The van der Waals surface area contributed by atoms with Gasteiger partial charge in [0, 0.05) is 17.3 Å². The lowest BCUT2D eigenvalue weighted by Crippen LogP contribution is -2.31. The molecule has 2 amide bonds. The van der Waals surface area contributed by atoms with Crippen LogP contribution < -0.4 is 10.6 Å². The molecule has 3 rings (SSSR count). The van der Waals surface area contributed by atoms with Crippen LogP contribution in [0.2, 0.25) is 0 Å². The highest BCUT2D eigenvalue weighted by Crippen LogP contribution is 2.17. The summed E-state index contributed by atoms with van der Waals surface area (Å²) in [6, 6.07) is 18.2. The Kier molecular flexibility index (Phi) is 6.07. The number of aryl methyl sites for hydroxylation is 2. The molecular formula is C23H22N2O3. The first-order valence-electron chi connectivity index (χ1n) is 9.09. The molecule has 0 unspecified atom stereocenters. The fourth-order valence-electron chi connectivity index (χ4n) is 2.80. The summed E-state index contributed by atoms with van der Waals surface area (Å²) in [5.74, 6) is -0.308. The van der Waals surface area contributed by atoms with Crippen LogP contribution in [0.4, 0.5) is 5.69 Å². The fourth-order valence-corrected chi connectivity index (χ4v) is 2.80. The molecule has 0 fully saturated rings. The Labute approximate surface area is 164 Å². The minimum Gasteiger partial charge on any atom is -0.465 e. The summed E-state index contributed by atoms with van der Waals surface area (Å²) < 4.78 is 5.31. The molecule has 0 aliphatic rings. The van der Waals surface area contributed by atoms with Crippen LogP contribution in [-0.2, 0) is 11.2 Å². The fraction of sp³-hybridized carbons (Fsp3) is 0.130. The lowest BCUT2D eigenvalue weighted by molar-refractivity contribution is -0.113. The molecule has 5 nitrogen and oxygen atoms in total. The Bertz CT molecular complexity index is 1000. The third kappa shape index (κ3) is 4.76. The predicted octanol–water partition coefficient (Wildman–Crippen LogP) is 4.56. The van der Waals surface area contributed by atoms with E-state index in [9.17, 15) is 9.59 Å². The van der Waals surface area contributed by atoms with Crippen LogP contribution >= 0.6 is 0 Å². The molecule has 0 spiro atoms. The van der Waals surface area contributed by atoms with Gasteiger partial charge < -0.3 is 15.1 Å². The first-order chi connectivity index (χ1) is 13.6. The van der Waals surface area contributed by atoms with Crippen LogP contribution in [0.25, 0.3) is 6.08 Å². The Hall–Kier alpha value is -3.60. The molecule has 0 aliphatic heterocycles. The number of rotatable bonds is 6. The standard InChI is InChI=1S/C23H22N2O3/c1-3-17-9-4-5-12-20(17)24-23(27)21(15-19-11-7-13-28-19)25-22(26)18-10-6-8-16(2)14-18/h4-15H,3H2,1-2H3,(H,24,27)(H,25,26)/b21-15-. The summed E-state index contributed by atoms with van der Waals surface area (Å²) in [4.78, 5) is 25.6. The van der Waals surface area contributed by atoms with E-state index in [1.54, 1.807) is 30.3 Å². The lowest BCUT2D eigenvalue weighted by atomic mass is 10.1. The van der Waals surface area contributed by atoms with Gasteiger partial charge in [-0.2, -0.15) is 0 Å². The van der Waals surface area contributed by atoms with Crippen molar-refractivity contribution in [2.24, 2.45) is 0 Å². The molecule has 2 aromatic carbocycles. The van der Waals surface area contributed by atoms with Crippen molar-refractivity contribution in [1.29, 1.82) is 0 Å². The van der Waals surface area contributed by atoms with Gasteiger partial charge >= 0.3 is 0 Å². The number of para-hydroxylation sites is 1. The van der Waals surface area contributed by atoms with Crippen molar-refractivity contribution in [3.05, 3.63) is 95.1 Å². The molecule has 1 heterocycles. The van der Waals surface area contributed by atoms with Crippen molar-refractivity contribution >= 4 is 23.6 Å². The molecule has 1 aromatic heterocycles. The molecule has 3 aromatic rings. The zero-order chi connectivity index (χ0) is 19.9. The highest BCUT2D eigenvalue weighted by molar-refractivity contribution is 6.10. The van der Waals surface area contributed by atoms with Crippen molar-refractivity contribution in [2.45, 2.75) is 20.3 Å². The van der Waals surface area contributed by atoms with Gasteiger partial charge in [0.25, 0.3) is 11.8 Å². The summed E-state index contributed by atoms with van der Waals surface area (Å²) >= 11 is 0. The maximum absolute atomic E-state index is 12.9. The molecule has 0 saturated carbocycles. The minimum absolute atomic E-state index is 0.104. The van der Waals surface area contributed by atoms with Gasteiger partial charge in [-0.1, -0.05) is 42.8 Å². The quantitative estimate of drug-likeness (QED) is 0.621. The summed E-state index contributed by atoms with van der Waals surface area (Å²) in [5.41, 5.74) is 3.27. The molecule has 142 valence electrons. The monoisotopic (exact) mass is 374 g/mol. The van der Waals surface area contributed by atoms with Crippen molar-refractivity contribution < 1.29 is 14.0 Å². The third-order valence-corrected chi connectivity index (χ3v) is 4.25. The van der Waals surface area contributed by atoms with Crippen LogP contribution in [0.1, 0.15) is 34.2 Å². The molecule has 0 aliphatic carbocycles. The van der Waals surface area contributed by atoms with Crippen LogP contribution in [0, 0.1) is 6.92 Å². The van der Waals surface area contributed by atoms with Gasteiger partial charge in [-0.05, 0) is 49.2 Å². The molecule has 2 N–H and O–H groups in total. The Morgan fingerprint density at radius 3 is 2.57 bits per heavy atom. The number of amides is 2. The average Bonchev–Trinajstić information content (AvgIpc) is 3.21. The Morgan fingerprint density at radius 2 is 1.86 bits per heavy atom. The van der Waals surface area contributed by atoms with E-state index in [1.165, 1.54) is 12.3 Å². The van der Waals surface area contributed by atoms with E-state index in [0.717, 1.165) is 17.5 Å². The maximum Gasteiger partial charge on any atom is 0.272 e. The predicted molar refractivity (Wildman–Crippen MR) is 110 cm³/mol.